The fraction of sp³-hybridized carbons (Fsp3) is 0.467. The Morgan fingerprint density at radius 2 is 1.90 bits per heavy atom. The minimum absolute atomic E-state index is 0.0472. The molecule has 3 aliphatic rings. The lowest BCUT2D eigenvalue weighted by Crippen LogP contribution is -2.71. The first kappa shape index (κ1) is 31.4. The van der Waals surface area contributed by atoms with Crippen LogP contribution in [0.5, 0.6) is 0 Å². The van der Waals surface area contributed by atoms with Crippen LogP contribution in [0.2, 0.25) is 10.0 Å². The van der Waals surface area contributed by atoms with Gasteiger partial charge in [-0.2, -0.15) is 0 Å². The number of halogens is 2. The van der Waals surface area contributed by atoms with Gasteiger partial charge < -0.3 is 21.3 Å². The van der Waals surface area contributed by atoms with Crippen molar-refractivity contribution in [1.82, 2.24) is 20.4 Å². The fourth-order valence-electron chi connectivity index (χ4n) is 5.31. The predicted molar refractivity (Wildman–Crippen MR) is 168 cm³/mol. The molecule has 1 aromatic heterocycles. The highest BCUT2D eigenvalue weighted by Crippen LogP contribution is 2.31. The number of rotatable bonds is 11. The average Bonchev–Trinajstić information content (AvgIpc) is 3.44. The molecular formula is C30H38Cl2N6O2S. The Hall–Kier alpha value is -2.56. The van der Waals surface area contributed by atoms with Gasteiger partial charge in [0.25, 0.3) is 0 Å². The van der Waals surface area contributed by atoms with Crippen molar-refractivity contribution in [2.45, 2.75) is 64.1 Å². The van der Waals surface area contributed by atoms with Gasteiger partial charge in [0, 0.05) is 35.7 Å². The number of nitrogens with one attached hydrogen (secondary N) is 2. The molecule has 2 heterocycles. The van der Waals surface area contributed by atoms with Gasteiger partial charge in [0.15, 0.2) is 5.78 Å². The zero-order valence-corrected chi connectivity index (χ0v) is 26.0. The van der Waals surface area contributed by atoms with Crippen molar-refractivity contribution in [3.8, 4) is 11.1 Å². The van der Waals surface area contributed by atoms with Gasteiger partial charge >= 0.3 is 0 Å². The lowest BCUT2D eigenvalue weighted by molar-refractivity contribution is -0.150. The minimum atomic E-state index is -0.964. The number of ketones is 1. The molecule has 4 N–H and O–H groups in total. The van der Waals surface area contributed by atoms with Gasteiger partial charge in [0.1, 0.15) is 11.0 Å². The smallest absolute Gasteiger partial charge is 0.240 e. The molecule has 1 fully saturated rings. The summed E-state index contributed by atoms with van der Waals surface area (Å²) in [6, 6.07) is 12.9. The van der Waals surface area contributed by atoms with E-state index in [2.05, 4.69) is 58.9 Å². The number of carbonyl (C=O) groups is 2. The van der Waals surface area contributed by atoms with E-state index in [0.717, 1.165) is 17.1 Å². The summed E-state index contributed by atoms with van der Waals surface area (Å²) in [5.74, 6) is 0.166. The van der Waals surface area contributed by atoms with Crippen LogP contribution in [0.4, 0.5) is 5.13 Å². The molecule has 8 nitrogen and oxygen atoms in total. The molecular weight excluding hydrogens is 579 g/mol. The first-order valence-electron chi connectivity index (χ1n) is 13.9. The zero-order chi connectivity index (χ0) is 29.6. The molecule has 0 radical (unpaired) electrons. The first-order valence-corrected chi connectivity index (χ1v) is 15.6. The van der Waals surface area contributed by atoms with Crippen LogP contribution < -0.4 is 16.4 Å². The van der Waals surface area contributed by atoms with Crippen molar-refractivity contribution in [2.24, 2.45) is 11.7 Å². The summed E-state index contributed by atoms with van der Waals surface area (Å²) in [6.45, 7) is 7.31. The van der Waals surface area contributed by atoms with E-state index in [1.807, 2.05) is 0 Å². The number of aromatic nitrogens is 2. The van der Waals surface area contributed by atoms with Gasteiger partial charge in [-0.3, -0.25) is 9.59 Å². The Labute approximate surface area is 256 Å². The number of Topliss-reactive ketones (excluding diaryl/α,β-unsaturated/α-hetero) is 1. The number of fused-ring (bicyclic) bond motifs is 1. The SMILES string of the molecule is CC(=O)[C@]1(CCCNc2nncs2)CN[C@H](CC(C)C)CN1C(=O)C(N)Cc1ccc(Cl)cc1Cl.c1cc2ccc1-2. The molecule has 1 aliphatic heterocycles. The summed E-state index contributed by atoms with van der Waals surface area (Å²) in [5.41, 5.74) is 10.7. The Kier molecular flexibility index (Phi) is 10.8. The van der Waals surface area contributed by atoms with Crippen molar-refractivity contribution in [2.75, 3.05) is 25.0 Å². The van der Waals surface area contributed by atoms with Crippen LogP contribution in [0.25, 0.3) is 11.1 Å². The molecule has 1 unspecified atom stereocenters. The Balaban J connectivity index is 0.000000560. The van der Waals surface area contributed by atoms with E-state index in [9.17, 15) is 9.59 Å². The van der Waals surface area contributed by atoms with Gasteiger partial charge in [0.2, 0.25) is 11.0 Å². The topological polar surface area (TPSA) is 113 Å². The van der Waals surface area contributed by atoms with Crippen LogP contribution in [0.3, 0.4) is 0 Å². The van der Waals surface area contributed by atoms with Crippen molar-refractivity contribution in [1.29, 1.82) is 0 Å². The van der Waals surface area contributed by atoms with E-state index in [4.69, 9.17) is 28.9 Å². The summed E-state index contributed by atoms with van der Waals surface area (Å²) in [5, 5.41) is 16.3. The number of benzene rings is 2. The molecule has 2 aromatic rings. The third kappa shape index (κ3) is 7.84. The molecule has 41 heavy (non-hydrogen) atoms. The number of hydrogen-bond donors (Lipinski definition) is 3. The van der Waals surface area contributed by atoms with Crippen LogP contribution in [0, 0.1) is 5.92 Å². The monoisotopic (exact) mass is 616 g/mol. The van der Waals surface area contributed by atoms with E-state index < -0.39 is 11.6 Å². The standard InChI is InChI=1S/C24H34Cl2N6O2S.C6H4/c1-15(2)9-19-12-32(22(34)21(27)10-17-5-6-18(25)11-20(17)26)24(13-29-19,16(3)33)7-4-8-28-23-31-30-14-35-23;1-2-6-4-3-5(1)6/h5-6,11,14-15,19,21,29H,4,7-10,12-13,27H2,1-3H3,(H,28,31);1-4H/t19-,21?,24+;/m1./s1. The summed E-state index contributed by atoms with van der Waals surface area (Å²) >= 11 is 13.8. The second-order valence-corrected chi connectivity index (χ2v) is 12.8. The number of hydrogen-bond acceptors (Lipinski definition) is 8. The number of nitrogens with two attached hydrogens (primary N) is 1. The summed E-state index contributed by atoms with van der Waals surface area (Å²) < 4.78 is 0. The maximum Gasteiger partial charge on any atom is 0.240 e. The average molecular weight is 618 g/mol. The number of nitrogens with zero attached hydrogens (tertiary/aromatic N) is 3. The van der Waals surface area contributed by atoms with Crippen molar-refractivity contribution >= 4 is 51.4 Å². The van der Waals surface area contributed by atoms with E-state index in [1.54, 1.807) is 35.5 Å². The van der Waals surface area contributed by atoms with Crippen LogP contribution in [-0.2, 0) is 16.0 Å². The molecule has 5 rings (SSSR count). The van der Waals surface area contributed by atoms with Crippen molar-refractivity contribution < 1.29 is 9.59 Å². The summed E-state index contributed by atoms with van der Waals surface area (Å²) in [6.07, 6.45) is 2.35. The molecule has 0 spiro atoms. The van der Waals surface area contributed by atoms with Gasteiger partial charge in [-0.15, -0.1) is 10.2 Å². The van der Waals surface area contributed by atoms with Crippen molar-refractivity contribution in [3.05, 3.63) is 63.6 Å². The molecule has 3 atom stereocenters. The Bertz CT molecular complexity index is 1300. The highest BCUT2D eigenvalue weighted by atomic mass is 35.5. The van der Waals surface area contributed by atoms with Gasteiger partial charge in [-0.25, -0.2) is 0 Å². The lowest BCUT2D eigenvalue weighted by Gasteiger charge is -2.50. The number of carbonyl (C=O) groups excluding carboxylic acids is 2. The number of piperazine rings is 1. The second-order valence-electron chi connectivity index (χ2n) is 11.1. The van der Waals surface area contributed by atoms with E-state index in [-0.39, 0.29) is 24.2 Å². The van der Waals surface area contributed by atoms with Crippen LogP contribution >= 0.6 is 34.5 Å². The van der Waals surface area contributed by atoms with Gasteiger partial charge in [-0.05, 0) is 67.3 Å². The van der Waals surface area contributed by atoms with Crippen LogP contribution in [0.15, 0.2) is 48.0 Å². The largest absolute Gasteiger partial charge is 0.360 e. The van der Waals surface area contributed by atoms with Gasteiger partial charge in [-0.1, -0.05) is 78.7 Å². The Morgan fingerprint density at radius 3 is 2.44 bits per heavy atom. The Morgan fingerprint density at radius 1 is 1.20 bits per heavy atom. The first-order chi connectivity index (χ1) is 19.6. The fourth-order valence-corrected chi connectivity index (χ4v) is 6.27. The summed E-state index contributed by atoms with van der Waals surface area (Å²) in [4.78, 5) is 28.6. The van der Waals surface area contributed by atoms with Crippen molar-refractivity contribution in [3.63, 3.8) is 0 Å². The molecule has 1 amide bonds. The minimum Gasteiger partial charge on any atom is -0.360 e. The normalized spacial score (nSPS) is 19.8. The number of anilines is 1. The zero-order valence-electron chi connectivity index (χ0n) is 23.7. The maximum atomic E-state index is 13.8. The van der Waals surface area contributed by atoms with Crippen LogP contribution in [0.1, 0.15) is 45.6 Å². The quantitative estimate of drug-likeness (QED) is 0.192. The number of amides is 1. The highest BCUT2D eigenvalue weighted by molar-refractivity contribution is 7.13. The second kappa shape index (κ2) is 14.1. The third-order valence-electron chi connectivity index (χ3n) is 7.67. The van der Waals surface area contributed by atoms with E-state index in [1.165, 1.54) is 22.5 Å². The van der Waals surface area contributed by atoms with E-state index >= 15 is 0 Å². The molecule has 220 valence electrons. The van der Waals surface area contributed by atoms with Gasteiger partial charge in [0.05, 0.1) is 6.04 Å². The third-order valence-corrected chi connectivity index (χ3v) is 8.91. The molecule has 1 saturated heterocycles. The molecule has 0 bridgehead atoms. The maximum absolute atomic E-state index is 13.8. The predicted octanol–water partition coefficient (Wildman–Crippen LogP) is 5.45. The van der Waals surface area contributed by atoms with Crippen LogP contribution in [-0.4, -0.2) is 64.0 Å². The lowest BCUT2D eigenvalue weighted by atomic mass is 9.82. The molecule has 1 aromatic carbocycles. The summed E-state index contributed by atoms with van der Waals surface area (Å²) in [7, 11) is 0. The highest BCUT2D eigenvalue weighted by Gasteiger charge is 2.48. The molecule has 2 aliphatic carbocycles. The van der Waals surface area contributed by atoms with E-state index in [0.29, 0.717) is 48.4 Å². The molecule has 11 heteroatoms. The molecule has 0 saturated carbocycles.